The van der Waals surface area contributed by atoms with Gasteiger partial charge in [0.2, 0.25) is 0 Å². The molecule has 0 rings (SSSR count). The Morgan fingerprint density at radius 1 is 1.50 bits per heavy atom. The summed E-state index contributed by atoms with van der Waals surface area (Å²) >= 11 is 0. The van der Waals surface area contributed by atoms with E-state index in [2.05, 4.69) is 10.1 Å². The third-order valence-corrected chi connectivity index (χ3v) is 0.929. The van der Waals surface area contributed by atoms with Crippen LogP contribution in [0.2, 0.25) is 0 Å². The fourth-order valence-corrected chi connectivity index (χ4v) is 0.403. The van der Waals surface area contributed by atoms with Crippen molar-refractivity contribution >= 4 is 17.8 Å². The van der Waals surface area contributed by atoms with Crippen molar-refractivity contribution in [1.82, 2.24) is 10.6 Å². The van der Waals surface area contributed by atoms with Gasteiger partial charge in [-0.3, -0.25) is 15.5 Å². The van der Waals surface area contributed by atoms with E-state index in [-0.39, 0.29) is 18.3 Å². The Labute approximate surface area is 69.8 Å². The summed E-state index contributed by atoms with van der Waals surface area (Å²) in [6.45, 7) is 1.30. The maximum atomic E-state index is 10.7. The summed E-state index contributed by atoms with van der Waals surface area (Å²) in [5.74, 6) is -0.158. The number of amidine groups is 1. The van der Waals surface area contributed by atoms with E-state index in [0.717, 1.165) is 0 Å². The van der Waals surface area contributed by atoms with Gasteiger partial charge in [-0.05, 0) is 6.92 Å². The predicted octanol–water partition coefficient (Wildman–Crippen LogP) is -0.544. The number of methoxy groups -OCH3 is 1. The molecule has 0 spiro atoms. The Bertz CT molecular complexity index is 202. The lowest BCUT2D eigenvalue weighted by molar-refractivity contribution is -0.116. The Balaban J connectivity index is 3.60. The van der Waals surface area contributed by atoms with Crippen molar-refractivity contribution < 1.29 is 14.3 Å². The SMILES string of the molecule is COC(=N)NC(=O)NCC(C)=O. The van der Waals surface area contributed by atoms with Gasteiger partial charge in [0.25, 0.3) is 6.02 Å². The molecule has 0 aliphatic rings. The third kappa shape index (κ3) is 5.21. The second-order valence-electron chi connectivity index (χ2n) is 2.04. The van der Waals surface area contributed by atoms with E-state index in [4.69, 9.17) is 5.41 Å². The van der Waals surface area contributed by atoms with E-state index in [9.17, 15) is 9.59 Å². The molecule has 68 valence electrons. The minimum absolute atomic E-state index is 0.0528. The third-order valence-electron chi connectivity index (χ3n) is 0.929. The van der Waals surface area contributed by atoms with E-state index in [1.807, 2.05) is 5.32 Å². The maximum Gasteiger partial charge on any atom is 0.323 e. The zero-order valence-corrected chi connectivity index (χ0v) is 6.93. The van der Waals surface area contributed by atoms with Crippen LogP contribution in [0.15, 0.2) is 0 Å². The summed E-state index contributed by atoms with van der Waals surface area (Å²) in [4.78, 5) is 21.1. The number of Topliss-reactive ketones (excluding diaryl/α,β-unsaturated/α-hetero) is 1. The fourth-order valence-electron chi connectivity index (χ4n) is 0.403. The lowest BCUT2D eigenvalue weighted by Gasteiger charge is -2.04. The Morgan fingerprint density at radius 3 is 2.50 bits per heavy atom. The standard InChI is InChI=1S/C6H11N3O3/c1-4(10)3-8-6(11)9-5(7)12-2/h3H2,1-2H3,(H3,7,8,9,11). The first-order valence-electron chi connectivity index (χ1n) is 3.23. The number of urea groups is 1. The van der Waals surface area contributed by atoms with Crippen LogP contribution in [0.4, 0.5) is 4.79 Å². The molecule has 0 saturated carbocycles. The van der Waals surface area contributed by atoms with Crippen molar-refractivity contribution in [2.75, 3.05) is 13.7 Å². The summed E-state index contributed by atoms with van der Waals surface area (Å²) in [6.07, 6.45) is 0. The zero-order valence-electron chi connectivity index (χ0n) is 6.93. The summed E-state index contributed by atoms with van der Waals surface area (Å²) in [5, 5.41) is 11.1. The molecule has 0 radical (unpaired) electrons. The van der Waals surface area contributed by atoms with Crippen LogP contribution in [0.25, 0.3) is 0 Å². The molecule has 0 bridgehead atoms. The highest BCUT2D eigenvalue weighted by Crippen LogP contribution is 1.70. The largest absolute Gasteiger partial charge is 0.468 e. The minimum atomic E-state index is -0.628. The predicted molar refractivity (Wildman–Crippen MR) is 42.0 cm³/mol. The molecule has 0 aromatic carbocycles. The lowest BCUT2D eigenvalue weighted by Crippen LogP contribution is -2.41. The molecule has 3 N–H and O–H groups in total. The van der Waals surface area contributed by atoms with Crippen molar-refractivity contribution in [3.63, 3.8) is 0 Å². The normalized spacial score (nSPS) is 8.50. The number of rotatable bonds is 2. The monoisotopic (exact) mass is 173 g/mol. The van der Waals surface area contributed by atoms with Crippen molar-refractivity contribution in [3.8, 4) is 0 Å². The number of hydrogen-bond acceptors (Lipinski definition) is 4. The summed E-state index contributed by atoms with van der Waals surface area (Å²) in [7, 11) is 1.26. The number of amides is 2. The molecule has 0 aliphatic heterocycles. The Hall–Kier alpha value is -1.59. The lowest BCUT2D eigenvalue weighted by atomic mass is 10.4. The molecule has 0 saturated heterocycles. The van der Waals surface area contributed by atoms with Gasteiger partial charge in [-0.2, -0.15) is 0 Å². The van der Waals surface area contributed by atoms with Gasteiger partial charge in [0.1, 0.15) is 5.78 Å². The Kier molecular flexibility index (Phi) is 4.43. The smallest absolute Gasteiger partial charge is 0.323 e. The average molecular weight is 173 g/mol. The molecule has 0 heterocycles. The molecule has 6 heteroatoms. The second kappa shape index (κ2) is 5.11. The first-order valence-corrected chi connectivity index (χ1v) is 3.23. The summed E-state index contributed by atoms with van der Waals surface area (Å²) < 4.78 is 4.35. The number of hydrogen-bond donors (Lipinski definition) is 3. The average Bonchev–Trinajstić information content (AvgIpc) is 2.00. The number of ether oxygens (including phenoxy) is 1. The number of nitrogens with one attached hydrogen (secondary N) is 3. The van der Waals surface area contributed by atoms with Crippen molar-refractivity contribution in [1.29, 1.82) is 5.41 Å². The fraction of sp³-hybridized carbons (Fsp3) is 0.500. The highest BCUT2D eigenvalue weighted by atomic mass is 16.5. The molecule has 12 heavy (non-hydrogen) atoms. The van der Waals surface area contributed by atoms with Gasteiger partial charge in [-0.25, -0.2) is 4.79 Å². The molecule has 0 atom stereocenters. The molecular weight excluding hydrogens is 162 g/mol. The van der Waals surface area contributed by atoms with Crippen LogP contribution >= 0.6 is 0 Å². The van der Waals surface area contributed by atoms with Gasteiger partial charge in [0, 0.05) is 0 Å². The van der Waals surface area contributed by atoms with E-state index >= 15 is 0 Å². The number of ketones is 1. The van der Waals surface area contributed by atoms with Crippen molar-refractivity contribution in [2.24, 2.45) is 0 Å². The van der Waals surface area contributed by atoms with Gasteiger partial charge in [0.15, 0.2) is 0 Å². The van der Waals surface area contributed by atoms with Crippen molar-refractivity contribution in [2.45, 2.75) is 6.92 Å². The summed E-state index contributed by atoms with van der Waals surface area (Å²) in [5.41, 5.74) is 0. The highest BCUT2D eigenvalue weighted by Gasteiger charge is 2.03. The highest BCUT2D eigenvalue weighted by molar-refractivity contribution is 5.93. The van der Waals surface area contributed by atoms with E-state index in [1.54, 1.807) is 0 Å². The van der Waals surface area contributed by atoms with Gasteiger partial charge in [-0.1, -0.05) is 0 Å². The van der Waals surface area contributed by atoms with Crippen LogP contribution < -0.4 is 10.6 Å². The van der Waals surface area contributed by atoms with Crippen LogP contribution in [0.5, 0.6) is 0 Å². The molecule has 2 amide bonds. The van der Waals surface area contributed by atoms with Crippen molar-refractivity contribution in [3.05, 3.63) is 0 Å². The first-order chi connectivity index (χ1) is 5.56. The number of carbonyl (C=O) groups is 2. The number of carbonyl (C=O) groups excluding carboxylic acids is 2. The maximum absolute atomic E-state index is 10.7. The molecule has 6 nitrogen and oxygen atoms in total. The zero-order chi connectivity index (χ0) is 9.56. The van der Waals surface area contributed by atoms with Gasteiger partial charge in [0.05, 0.1) is 13.7 Å². The molecule has 0 fully saturated rings. The molecule has 0 aliphatic carbocycles. The summed E-state index contributed by atoms with van der Waals surface area (Å²) in [6, 6.07) is -0.992. The minimum Gasteiger partial charge on any atom is -0.468 e. The van der Waals surface area contributed by atoms with Crippen LogP contribution in [0.3, 0.4) is 0 Å². The van der Waals surface area contributed by atoms with Crippen LogP contribution in [-0.4, -0.2) is 31.5 Å². The Morgan fingerprint density at radius 2 is 2.08 bits per heavy atom. The molecule has 0 aromatic heterocycles. The van der Waals surface area contributed by atoms with Crippen LogP contribution in [-0.2, 0) is 9.53 Å². The molecule has 0 aromatic rings. The van der Waals surface area contributed by atoms with Gasteiger partial charge >= 0.3 is 6.03 Å². The molecular formula is C6H11N3O3. The van der Waals surface area contributed by atoms with Crippen LogP contribution in [0, 0.1) is 5.41 Å². The topological polar surface area (TPSA) is 91.3 Å². The van der Waals surface area contributed by atoms with Crippen LogP contribution in [0.1, 0.15) is 6.92 Å². The van der Waals surface area contributed by atoms with E-state index in [1.165, 1.54) is 14.0 Å². The van der Waals surface area contributed by atoms with Gasteiger partial charge in [-0.15, -0.1) is 0 Å². The first kappa shape index (κ1) is 10.4. The van der Waals surface area contributed by atoms with Gasteiger partial charge < -0.3 is 10.1 Å². The second-order valence-corrected chi connectivity index (χ2v) is 2.04. The van der Waals surface area contributed by atoms with E-state index in [0.29, 0.717) is 0 Å². The quantitative estimate of drug-likeness (QED) is 0.386. The van der Waals surface area contributed by atoms with E-state index < -0.39 is 6.03 Å². The molecule has 0 unspecified atom stereocenters.